The van der Waals surface area contributed by atoms with Gasteiger partial charge in [0.05, 0.1) is 33.0 Å². The SMILES string of the molecule is Cc1ccc(CO[C@@H]2[C@@H](OCc3ccccc3)[C@H](OCc3ccccc3)[C@@H](COCc3ccccc3)O[C@]2(S)c2ccccc2)cc1. The van der Waals surface area contributed by atoms with Crippen molar-refractivity contribution in [3.8, 4) is 0 Å². The molecule has 5 atom stereocenters. The van der Waals surface area contributed by atoms with Crippen molar-refractivity contribution in [1.29, 1.82) is 0 Å². The fourth-order valence-corrected chi connectivity index (χ4v) is 6.38. The second-order valence-corrected chi connectivity index (χ2v) is 12.6. The molecule has 0 aliphatic carbocycles. The van der Waals surface area contributed by atoms with Crippen LogP contribution in [0.1, 0.15) is 33.4 Å². The Morgan fingerprint density at radius 1 is 0.532 bits per heavy atom. The van der Waals surface area contributed by atoms with Gasteiger partial charge in [0, 0.05) is 0 Å². The number of aryl methyl sites for hydroxylation is 1. The van der Waals surface area contributed by atoms with Crippen molar-refractivity contribution >= 4 is 12.6 Å². The van der Waals surface area contributed by atoms with Gasteiger partial charge in [-0.1, -0.05) is 151 Å². The zero-order valence-electron chi connectivity index (χ0n) is 26.7. The van der Waals surface area contributed by atoms with E-state index in [2.05, 4.69) is 67.6 Å². The van der Waals surface area contributed by atoms with Gasteiger partial charge in [-0.05, 0) is 34.7 Å². The summed E-state index contributed by atoms with van der Waals surface area (Å²) in [5.74, 6) is 0. The van der Waals surface area contributed by atoms with E-state index in [-0.39, 0.29) is 6.61 Å². The maximum Gasteiger partial charge on any atom is 0.165 e. The minimum atomic E-state index is -1.17. The van der Waals surface area contributed by atoms with Crippen molar-refractivity contribution in [3.05, 3.63) is 179 Å². The van der Waals surface area contributed by atoms with Gasteiger partial charge in [-0.3, -0.25) is 0 Å². The molecule has 0 amide bonds. The smallest absolute Gasteiger partial charge is 0.165 e. The van der Waals surface area contributed by atoms with Crippen molar-refractivity contribution in [2.75, 3.05) is 6.61 Å². The van der Waals surface area contributed by atoms with E-state index in [9.17, 15) is 0 Å². The fraction of sp³-hybridized carbons (Fsp3) is 0.268. The molecule has 1 heterocycles. The molecule has 1 saturated heterocycles. The Labute approximate surface area is 283 Å². The zero-order chi connectivity index (χ0) is 32.3. The van der Waals surface area contributed by atoms with Gasteiger partial charge >= 0.3 is 0 Å². The van der Waals surface area contributed by atoms with E-state index in [0.29, 0.717) is 26.4 Å². The Morgan fingerprint density at radius 3 is 1.53 bits per heavy atom. The lowest BCUT2D eigenvalue weighted by Crippen LogP contribution is -2.63. The van der Waals surface area contributed by atoms with Gasteiger partial charge in [0.1, 0.15) is 24.4 Å². The third kappa shape index (κ3) is 8.79. The number of rotatable bonds is 14. The molecule has 0 aromatic heterocycles. The molecule has 1 aliphatic rings. The summed E-state index contributed by atoms with van der Waals surface area (Å²) in [6, 6.07) is 48.8. The highest BCUT2D eigenvalue weighted by Crippen LogP contribution is 2.45. The van der Waals surface area contributed by atoms with Gasteiger partial charge in [0.25, 0.3) is 0 Å². The third-order valence-corrected chi connectivity index (χ3v) is 9.03. The molecule has 242 valence electrons. The Bertz CT molecular complexity index is 1620. The summed E-state index contributed by atoms with van der Waals surface area (Å²) in [6.45, 7) is 3.91. The number of hydrogen-bond donors (Lipinski definition) is 1. The predicted octanol–water partition coefficient (Wildman–Crippen LogP) is 8.45. The largest absolute Gasteiger partial charge is 0.374 e. The van der Waals surface area contributed by atoms with Crippen molar-refractivity contribution in [2.24, 2.45) is 0 Å². The number of ether oxygens (including phenoxy) is 5. The van der Waals surface area contributed by atoms with Crippen LogP contribution in [-0.4, -0.2) is 31.0 Å². The molecular formula is C41H42O5S. The van der Waals surface area contributed by atoms with Gasteiger partial charge in [-0.15, -0.1) is 12.6 Å². The summed E-state index contributed by atoms with van der Waals surface area (Å²) in [7, 11) is 0. The minimum Gasteiger partial charge on any atom is -0.374 e. The first-order valence-corrected chi connectivity index (χ1v) is 16.6. The Morgan fingerprint density at radius 2 is 0.979 bits per heavy atom. The maximum absolute atomic E-state index is 7.01. The highest BCUT2D eigenvalue weighted by atomic mass is 32.1. The van der Waals surface area contributed by atoms with Gasteiger partial charge in [-0.2, -0.15) is 0 Å². The molecule has 6 rings (SSSR count). The van der Waals surface area contributed by atoms with E-state index < -0.39 is 29.3 Å². The summed E-state index contributed by atoms with van der Waals surface area (Å²) in [6.07, 6.45) is -2.23. The maximum atomic E-state index is 7.01. The van der Waals surface area contributed by atoms with Gasteiger partial charge in [-0.25, -0.2) is 0 Å². The molecule has 5 nitrogen and oxygen atoms in total. The quantitative estimate of drug-likeness (QED) is 0.123. The fourth-order valence-electron chi connectivity index (χ4n) is 5.87. The molecule has 5 aromatic carbocycles. The average Bonchev–Trinajstić information content (AvgIpc) is 3.12. The molecule has 6 heteroatoms. The van der Waals surface area contributed by atoms with Crippen molar-refractivity contribution < 1.29 is 23.7 Å². The van der Waals surface area contributed by atoms with Crippen LogP contribution in [0.5, 0.6) is 0 Å². The highest BCUT2D eigenvalue weighted by molar-refractivity contribution is 7.81. The summed E-state index contributed by atoms with van der Waals surface area (Å²) < 4.78 is 33.8. The van der Waals surface area contributed by atoms with E-state index in [1.54, 1.807) is 0 Å². The molecule has 0 N–H and O–H groups in total. The predicted molar refractivity (Wildman–Crippen MR) is 188 cm³/mol. The molecule has 0 spiro atoms. The van der Waals surface area contributed by atoms with Crippen molar-refractivity contribution in [2.45, 2.75) is 62.7 Å². The number of benzene rings is 5. The first kappa shape index (κ1) is 33.2. The topological polar surface area (TPSA) is 46.2 Å². The van der Waals surface area contributed by atoms with Gasteiger partial charge in [0.15, 0.2) is 4.93 Å². The lowest BCUT2D eigenvalue weighted by atomic mass is 9.89. The minimum absolute atomic E-state index is 0.277. The van der Waals surface area contributed by atoms with E-state index in [4.69, 9.17) is 36.3 Å². The molecule has 5 aromatic rings. The summed E-state index contributed by atoms with van der Waals surface area (Å²) >= 11 is 5.33. The normalized spacial score (nSPS) is 22.6. The van der Waals surface area contributed by atoms with Crippen LogP contribution in [0.3, 0.4) is 0 Å². The lowest BCUT2D eigenvalue weighted by Gasteiger charge is -2.51. The van der Waals surface area contributed by atoms with Gasteiger partial charge < -0.3 is 23.7 Å². The Hall–Kier alpha value is -3.75. The van der Waals surface area contributed by atoms with E-state index in [1.165, 1.54) is 5.56 Å². The second-order valence-electron chi connectivity index (χ2n) is 12.0. The molecule has 0 unspecified atom stereocenters. The van der Waals surface area contributed by atoms with Crippen LogP contribution in [-0.2, 0) is 55.0 Å². The first-order chi connectivity index (χ1) is 23.1. The molecule has 0 radical (unpaired) electrons. The Kier molecular flexibility index (Phi) is 11.6. The summed E-state index contributed by atoms with van der Waals surface area (Å²) in [5.41, 5.74) is 6.32. The van der Waals surface area contributed by atoms with Crippen LogP contribution in [0.2, 0.25) is 0 Å². The van der Waals surface area contributed by atoms with Crippen LogP contribution in [0.15, 0.2) is 146 Å². The van der Waals surface area contributed by atoms with E-state index in [1.807, 2.05) is 84.9 Å². The Balaban J connectivity index is 1.36. The van der Waals surface area contributed by atoms with Crippen LogP contribution >= 0.6 is 12.6 Å². The molecular weight excluding hydrogens is 605 g/mol. The van der Waals surface area contributed by atoms with Crippen LogP contribution in [0, 0.1) is 6.92 Å². The standard InChI is InChI=1S/C41H42O5S/c1-31-22-24-35(25-23-31)29-45-40-39(44-28-34-18-10-4-11-19-34)38(43-27-33-16-8-3-9-17-33)37(30-42-26-32-14-6-2-7-15-32)46-41(40,47)36-20-12-5-13-21-36/h2-25,37-40,47H,26-30H2,1H3/t37-,38-,39+,40-,41+/m1/s1. The average molecular weight is 647 g/mol. The summed E-state index contributed by atoms with van der Waals surface area (Å²) in [5, 5.41) is 0. The molecule has 47 heavy (non-hydrogen) atoms. The van der Waals surface area contributed by atoms with Crippen LogP contribution in [0.25, 0.3) is 0 Å². The van der Waals surface area contributed by atoms with Crippen LogP contribution in [0.4, 0.5) is 0 Å². The molecule has 1 aliphatic heterocycles. The third-order valence-electron chi connectivity index (χ3n) is 8.41. The van der Waals surface area contributed by atoms with Crippen molar-refractivity contribution in [1.82, 2.24) is 0 Å². The summed E-state index contributed by atoms with van der Waals surface area (Å²) in [4.78, 5) is -1.17. The van der Waals surface area contributed by atoms with Gasteiger partial charge in [0.2, 0.25) is 0 Å². The number of thiol groups is 1. The molecule has 0 bridgehead atoms. The second kappa shape index (κ2) is 16.4. The monoisotopic (exact) mass is 646 g/mol. The van der Waals surface area contributed by atoms with Crippen molar-refractivity contribution in [3.63, 3.8) is 0 Å². The van der Waals surface area contributed by atoms with E-state index in [0.717, 1.165) is 27.8 Å². The first-order valence-electron chi connectivity index (χ1n) is 16.1. The highest BCUT2D eigenvalue weighted by Gasteiger charge is 2.56. The lowest BCUT2D eigenvalue weighted by molar-refractivity contribution is -0.286. The molecule has 0 saturated carbocycles. The number of hydrogen-bond acceptors (Lipinski definition) is 6. The zero-order valence-corrected chi connectivity index (χ0v) is 27.6. The van der Waals surface area contributed by atoms with Crippen LogP contribution < -0.4 is 0 Å². The van der Waals surface area contributed by atoms with E-state index >= 15 is 0 Å². The molecule has 1 fully saturated rings.